The number of carbonyl (C=O) groups is 1. The van der Waals surface area contributed by atoms with Crippen LogP contribution in [0.2, 0.25) is 0 Å². The van der Waals surface area contributed by atoms with E-state index in [-0.39, 0.29) is 17.6 Å². The lowest BCUT2D eigenvalue weighted by molar-refractivity contribution is -0.120. The first kappa shape index (κ1) is 21.6. The fraction of sp³-hybridized carbons (Fsp3) is 0.400. The fourth-order valence-corrected chi connectivity index (χ4v) is 4.78. The van der Waals surface area contributed by atoms with E-state index in [1.807, 2.05) is 23.1 Å². The molecule has 0 radical (unpaired) electrons. The Morgan fingerprint density at radius 3 is 2.97 bits per heavy atom. The van der Waals surface area contributed by atoms with Crippen LogP contribution in [0, 0.1) is 5.82 Å². The van der Waals surface area contributed by atoms with Gasteiger partial charge in [0.05, 0.1) is 19.6 Å². The largest absolute Gasteiger partial charge is 0.497 e. The second-order valence-corrected chi connectivity index (χ2v) is 8.68. The van der Waals surface area contributed by atoms with Crippen molar-refractivity contribution in [1.82, 2.24) is 15.0 Å². The minimum Gasteiger partial charge on any atom is -0.497 e. The van der Waals surface area contributed by atoms with E-state index < -0.39 is 0 Å². The predicted molar refractivity (Wildman–Crippen MR) is 122 cm³/mol. The van der Waals surface area contributed by atoms with Crippen LogP contribution in [0.5, 0.6) is 5.75 Å². The second kappa shape index (κ2) is 9.31. The third-order valence-corrected chi connectivity index (χ3v) is 6.44. The van der Waals surface area contributed by atoms with Crippen LogP contribution in [0.15, 0.2) is 47.0 Å². The van der Waals surface area contributed by atoms with Crippen LogP contribution in [0.25, 0.3) is 11.4 Å². The molecule has 2 aliphatic heterocycles. The summed E-state index contributed by atoms with van der Waals surface area (Å²) in [6, 6.07) is 12.1. The average molecular weight is 451 g/mol. The standard InChI is InChI=1S/C25H27FN4O3/c1-32-21-9-10-22-17(14-21)6-4-12-30(22)23(31)16-29-11-3-7-19(15-29)25-27-24(28-33-25)18-5-2-8-20(26)13-18/h2,5,8-10,13-14,19H,3-4,6-7,11-12,15-16H2,1H3. The van der Waals surface area contributed by atoms with Crippen molar-refractivity contribution in [3.8, 4) is 17.1 Å². The van der Waals surface area contributed by atoms with Gasteiger partial charge in [0, 0.05) is 24.3 Å². The number of halogens is 1. The molecule has 0 N–H and O–H groups in total. The SMILES string of the molecule is COc1ccc2c(c1)CCCN2C(=O)CN1CCCC(c2nc(-c3cccc(F)c3)no2)C1. The number of aromatic nitrogens is 2. The van der Waals surface area contributed by atoms with Gasteiger partial charge in [-0.3, -0.25) is 9.69 Å². The van der Waals surface area contributed by atoms with Crippen LogP contribution < -0.4 is 9.64 Å². The predicted octanol–water partition coefficient (Wildman–Crippen LogP) is 4.04. The van der Waals surface area contributed by atoms with Gasteiger partial charge < -0.3 is 14.2 Å². The van der Waals surface area contributed by atoms with Gasteiger partial charge in [0.2, 0.25) is 17.6 Å². The van der Waals surface area contributed by atoms with Gasteiger partial charge in [-0.25, -0.2) is 4.39 Å². The third-order valence-electron chi connectivity index (χ3n) is 6.44. The van der Waals surface area contributed by atoms with Crippen molar-refractivity contribution < 1.29 is 18.4 Å². The summed E-state index contributed by atoms with van der Waals surface area (Å²) in [4.78, 5) is 21.8. The number of ether oxygens (including phenoxy) is 1. The monoisotopic (exact) mass is 450 g/mol. The maximum absolute atomic E-state index is 13.5. The third kappa shape index (κ3) is 4.61. The molecule has 172 valence electrons. The average Bonchev–Trinajstić information content (AvgIpc) is 3.34. The maximum atomic E-state index is 13.5. The molecule has 3 heterocycles. The number of nitrogens with zero attached hydrogens (tertiary/aromatic N) is 4. The number of benzene rings is 2. The number of aryl methyl sites for hydroxylation is 1. The molecule has 0 spiro atoms. The Kier molecular flexibility index (Phi) is 6.09. The van der Waals surface area contributed by atoms with Crippen LogP contribution >= 0.6 is 0 Å². The minimum absolute atomic E-state index is 0.0549. The van der Waals surface area contributed by atoms with E-state index in [4.69, 9.17) is 9.26 Å². The van der Waals surface area contributed by atoms with Crippen LogP contribution in [0.3, 0.4) is 0 Å². The van der Waals surface area contributed by atoms with Crippen LogP contribution in [-0.4, -0.2) is 54.2 Å². The Bertz CT molecular complexity index is 1150. The Labute approximate surface area is 192 Å². The molecule has 3 aromatic rings. The lowest BCUT2D eigenvalue weighted by Crippen LogP contribution is -2.45. The van der Waals surface area contributed by atoms with Crippen LogP contribution in [-0.2, 0) is 11.2 Å². The number of hydrogen-bond donors (Lipinski definition) is 0. The number of methoxy groups -OCH3 is 1. The quantitative estimate of drug-likeness (QED) is 0.584. The number of hydrogen-bond acceptors (Lipinski definition) is 6. The molecule has 1 amide bonds. The lowest BCUT2D eigenvalue weighted by atomic mass is 9.97. The first-order valence-corrected chi connectivity index (χ1v) is 11.4. The molecule has 7 nitrogen and oxygen atoms in total. The highest BCUT2D eigenvalue weighted by Crippen LogP contribution is 2.32. The molecule has 0 saturated carbocycles. The van der Waals surface area contributed by atoms with E-state index in [1.165, 1.54) is 12.1 Å². The highest BCUT2D eigenvalue weighted by molar-refractivity contribution is 5.96. The number of anilines is 1. The number of rotatable bonds is 5. The number of fused-ring (bicyclic) bond motifs is 1. The molecule has 1 atom stereocenters. The van der Waals surface area contributed by atoms with Crippen molar-refractivity contribution in [2.75, 3.05) is 38.2 Å². The number of amides is 1. The molecule has 33 heavy (non-hydrogen) atoms. The Balaban J connectivity index is 1.25. The van der Waals surface area contributed by atoms with Gasteiger partial charge in [-0.15, -0.1) is 0 Å². The summed E-state index contributed by atoms with van der Waals surface area (Å²) in [7, 11) is 1.66. The van der Waals surface area contributed by atoms with E-state index in [0.29, 0.717) is 30.4 Å². The Morgan fingerprint density at radius 2 is 2.12 bits per heavy atom. The molecule has 2 aliphatic rings. The molecule has 1 fully saturated rings. The van der Waals surface area contributed by atoms with Gasteiger partial charge >= 0.3 is 0 Å². The molecule has 0 bridgehead atoms. The number of carbonyl (C=O) groups excluding carboxylic acids is 1. The fourth-order valence-electron chi connectivity index (χ4n) is 4.78. The van der Waals surface area contributed by atoms with Crippen molar-refractivity contribution >= 4 is 11.6 Å². The van der Waals surface area contributed by atoms with E-state index in [9.17, 15) is 9.18 Å². The smallest absolute Gasteiger partial charge is 0.241 e. The molecule has 1 aromatic heterocycles. The van der Waals surface area contributed by atoms with E-state index in [1.54, 1.807) is 19.2 Å². The summed E-state index contributed by atoms with van der Waals surface area (Å²) < 4.78 is 24.4. The molecule has 1 saturated heterocycles. The molecule has 0 aliphatic carbocycles. The topological polar surface area (TPSA) is 71.7 Å². The normalized spacial score (nSPS) is 18.7. The molecule has 8 heteroatoms. The maximum Gasteiger partial charge on any atom is 0.241 e. The van der Waals surface area contributed by atoms with E-state index >= 15 is 0 Å². The van der Waals surface area contributed by atoms with Crippen molar-refractivity contribution in [2.45, 2.75) is 31.6 Å². The molecule has 1 unspecified atom stereocenters. The molecule has 5 rings (SSSR count). The zero-order valence-corrected chi connectivity index (χ0v) is 18.7. The number of likely N-dealkylation sites (tertiary alicyclic amines) is 1. The summed E-state index contributed by atoms with van der Waals surface area (Å²) in [5.41, 5.74) is 2.73. The molecular weight excluding hydrogens is 423 g/mol. The molecule has 2 aromatic carbocycles. The van der Waals surface area contributed by atoms with Crippen molar-refractivity contribution in [3.63, 3.8) is 0 Å². The van der Waals surface area contributed by atoms with E-state index in [2.05, 4.69) is 15.0 Å². The van der Waals surface area contributed by atoms with Gasteiger partial charge in [-0.2, -0.15) is 4.98 Å². The van der Waals surface area contributed by atoms with Gasteiger partial charge in [0.15, 0.2) is 0 Å². The van der Waals surface area contributed by atoms with Crippen molar-refractivity contribution in [2.24, 2.45) is 0 Å². The van der Waals surface area contributed by atoms with Crippen LogP contribution in [0.1, 0.15) is 36.6 Å². The van der Waals surface area contributed by atoms with E-state index in [0.717, 1.165) is 55.8 Å². The van der Waals surface area contributed by atoms with Gasteiger partial charge in [-0.1, -0.05) is 17.3 Å². The Hall–Kier alpha value is -3.26. The summed E-state index contributed by atoms with van der Waals surface area (Å²) in [5, 5.41) is 4.04. The Morgan fingerprint density at radius 1 is 1.21 bits per heavy atom. The lowest BCUT2D eigenvalue weighted by Gasteiger charge is -2.34. The number of piperidine rings is 1. The van der Waals surface area contributed by atoms with Crippen molar-refractivity contribution in [3.05, 3.63) is 59.7 Å². The summed E-state index contributed by atoms with van der Waals surface area (Å²) in [6.45, 7) is 2.62. The molecular formula is C25H27FN4O3. The summed E-state index contributed by atoms with van der Waals surface area (Å²) in [6.07, 6.45) is 3.76. The first-order chi connectivity index (χ1) is 16.1. The van der Waals surface area contributed by atoms with Crippen LogP contribution in [0.4, 0.5) is 10.1 Å². The van der Waals surface area contributed by atoms with Gasteiger partial charge in [0.1, 0.15) is 11.6 Å². The van der Waals surface area contributed by atoms with Crippen molar-refractivity contribution in [1.29, 1.82) is 0 Å². The highest BCUT2D eigenvalue weighted by atomic mass is 19.1. The summed E-state index contributed by atoms with van der Waals surface area (Å²) >= 11 is 0. The second-order valence-electron chi connectivity index (χ2n) is 8.68. The van der Waals surface area contributed by atoms with Gasteiger partial charge in [-0.05, 0) is 68.1 Å². The first-order valence-electron chi connectivity index (χ1n) is 11.4. The summed E-state index contributed by atoms with van der Waals surface area (Å²) in [5.74, 6) is 1.57. The van der Waals surface area contributed by atoms with Gasteiger partial charge in [0.25, 0.3) is 0 Å². The zero-order valence-electron chi connectivity index (χ0n) is 18.7. The highest BCUT2D eigenvalue weighted by Gasteiger charge is 2.30. The zero-order chi connectivity index (χ0) is 22.8. The minimum atomic E-state index is -0.334.